The van der Waals surface area contributed by atoms with E-state index in [4.69, 9.17) is 14.2 Å². The number of benzene rings is 1. The lowest BCUT2D eigenvalue weighted by Gasteiger charge is -2.08. The number of amides is 1. The van der Waals surface area contributed by atoms with E-state index in [0.717, 1.165) is 10.4 Å². The number of thiophene rings is 1. The number of hydrogen-bond acceptors (Lipinski definition) is 9. The highest BCUT2D eigenvalue weighted by atomic mass is 32.1. The maximum absolute atomic E-state index is 12.6. The fourth-order valence-electron chi connectivity index (χ4n) is 2.78. The average Bonchev–Trinajstić information content (AvgIpc) is 3.42. The molecule has 0 aliphatic rings. The van der Waals surface area contributed by atoms with E-state index in [1.807, 2.05) is 6.07 Å². The number of ketones is 1. The van der Waals surface area contributed by atoms with E-state index in [1.165, 1.54) is 29.6 Å². The largest absolute Gasteiger partial charge is 0.493 e. The van der Waals surface area contributed by atoms with Crippen LogP contribution in [0.1, 0.15) is 36.8 Å². The molecule has 0 atom stereocenters. The smallest absolute Gasteiger partial charge is 0.350 e. The number of nitrogens with zero attached hydrogens (tertiary/aromatic N) is 1. The van der Waals surface area contributed by atoms with Crippen LogP contribution in [0.5, 0.6) is 11.5 Å². The van der Waals surface area contributed by atoms with Crippen molar-refractivity contribution in [2.75, 3.05) is 20.8 Å². The molecule has 0 bridgehead atoms. The summed E-state index contributed by atoms with van der Waals surface area (Å²) in [5.41, 5.74) is 1.29. The first-order valence-electron chi connectivity index (χ1n) is 9.55. The summed E-state index contributed by atoms with van der Waals surface area (Å²) in [7, 11) is 3.10. The minimum absolute atomic E-state index is 0.146. The molecule has 2 heterocycles. The molecular weight excluding hydrogens is 452 g/mol. The molecule has 0 saturated carbocycles. The van der Waals surface area contributed by atoms with Gasteiger partial charge < -0.3 is 19.5 Å². The summed E-state index contributed by atoms with van der Waals surface area (Å²) in [6.07, 6.45) is 0. The highest BCUT2D eigenvalue weighted by Crippen LogP contribution is 2.35. The quantitative estimate of drug-likeness (QED) is 0.371. The Hall–Kier alpha value is -3.24. The number of carbonyl (C=O) groups is 3. The molecule has 1 N–H and O–H groups in total. The second-order valence-corrected chi connectivity index (χ2v) is 8.85. The maximum atomic E-state index is 12.6. The van der Waals surface area contributed by atoms with Crippen LogP contribution in [-0.2, 0) is 16.1 Å². The van der Waals surface area contributed by atoms with Gasteiger partial charge in [0.1, 0.15) is 9.88 Å². The number of esters is 1. The Balaban J connectivity index is 1.66. The number of nitrogens with one attached hydrogen (secondary N) is 1. The predicted molar refractivity (Wildman–Crippen MR) is 122 cm³/mol. The van der Waals surface area contributed by atoms with Crippen molar-refractivity contribution >= 4 is 40.3 Å². The van der Waals surface area contributed by atoms with Gasteiger partial charge >= 0.3 is 5.97 Å². The molecule has 3 aromatic rings. The summed E-state index contributed by atoms with van der Waals surface area (Å²) in [6, 6.07) is 8.80. The first-order valence-corrected chi connectivity index (χ1v) is 11.2. The molecule has 3 rings (SSSR count). The van der Waals surface area contributed by atoms with Gasteiger partial charge in [0.15, 0.2) is 18.1 Å². The van der Waals surface area contributed by atoms with Gasteiger partial charge in [0, 0.05) is 17.4 Å². The number of ether oxygens (including phenoxy) is 3. The summed E-state index contributed by atoms with van der Waals surface area (Å²) in [4.78, 5) is 42.0. The number of rotatable bonds is 9. The van der Waals surface area contributed by atoms with Gasteiger partial charge in [0.05, 0.1) is 31.3 Å². The second kappa shape index (κ2) is 10.4. The van der Waals surface area contributed by atoms with Crippen LogP contribution in [0.2, 0.25) is 0 Å². The fraction of sp³-hybridized carbons (Fsp3) is 0.273. The lowest BCUT2D eigenvalue weighted by molar-refractivity contribution is -0.119. The number of aryl methyl sites for hydroxylation is 1. The summed E-state index contributed by atoms with van der Waals surface area (Å²) >= 11 is 2.44. The Morgan fingerprint density at radius 2 is 1.78 bits per heavy atom. The van der Waals surface area contributed by atoms with Crippen molar-refractivity contribution in [3.8, 4) is 22.1 Å². The molecule has 1 amide bonds. The number of carbonyl (C=O) groups excluding carboxylic acids is 3. The molecule has 0 aliphatic carbocycles. The number of hydrogen-bond donors (Lipinski definition) is 1. The Bertz CT molecular complexity index is 1150. The van der Waals surface area contributed by atoms with E-state index in [-0.39, 0.29) is 18.3 Å². The minimum atomic E-state index is -0.602. The molecule has 32 heavy (non-hydrogen) atoms. The Kier molecular flexibility index (Phi) is 7.60. The maximum Gasteiger partial charge on any atom is 0.350 e. The fourth-order valence-corrected chi connectivity index (χ4v) is 4.61. The van der Waals surface area contributed by atoms with E-state index >= 15 is 0 Å². The molecule has 8 nitrogen and oxygen atoms in total. The van der Waals surface area contributed by atoms with Gasteiger partial charge in [-0.25, -0.2) is 9.78 Å². The highest BCUT2D eigenvalue weighted by molar-refractivity contribution is 7.17. The Labute approximate surface area is 193 Å². The van der Waals surface area contributed by atoms with Gasteiger partial charge in [-0.2, -0.15) is 0 Å². The number of thiazole rings is 1. The molecule has 2 aromatic heterocycles. The van der Waals surface area contributed by atoms with E-state index in [0.29, 0.717) is 38.5 Å². The van der Waals surface area contributed by atoms with Gasteiger partial charge in [-0.05, 0) is 37.3 Å². The first-order chi connectivity index (χ1) is 15.3. The van der Waals surface area contributed by atoms with Gasteiger partial charge in [0.2, 0.25) is 11.7 Å². The number of aromatic nitrogens is 1. The first kappa shape index (κ1) is 23.4. The highest BCUT2D eigenvalue weighted by Gasteiger charge is 2.20. The number of Topliss-reactive ketones (excluding diaryl/α,β-unsaturated/α-hetero) is 1. The average molecular weight is 475 g/mol. The van der Waals surface area contributed by atoms with Crippen molar-refractivity contribution in [3.63, 3.8) is 0 Å². The second-order valence-electron chi connectivity index (χ2n) is 6.68. The van der Waals surface area contributed by atoms with Gasteiger partial charge in [-0.15, -0.1) is 22.7 Å². The van der Waals surface area contributed by atoms with Crippen LogP contribution in [0.15, 0.2) is 30.3 Å². The molecule has 10 heteroatoms. The molecule has 0 unspecified atom stereocenters. The monoisotopic (exact) mass is 474 g/mol. The van der Waals surface area contributed by atoms with Gasteiger partial charge in [0.25, 0.3) is 0 Å². The van der Waals surface area contributed by atoms with Crippen molar-refractivity contribution in [2.24, 2.45) is 0 Å². The zero-order valence-corrected chi connectivity index (χ0v) is 19.6. The normalized spacial score (nSPS) is 10.5. The zero-order valence-electron chi connectivity index (χ0n) is 18.0. The standard InChI is InChI=1S/C22H22N2O6S2/c1-12-20(32-21(24-12)14-5-7-17(28-3)18(9-14)29-4)22(27)30-11-16(26)19-8-6-15(31-19)10-23-13(2)25/h5-9H,10-11H2,1-4H3,(H,23,25). The lowest BCUT2D eigenvalue weighted by Crippen LogP contribution is -2.18. The summed E-state index contributed by atoms with van der Waals surface area (Å²) < 4.78 is 15.8. The van der Waals surface area contributed by atoms with Crippen LogP contribution in [0.3, 0.4) is 0 Å². The van der Waals surface area contributed by atoms with Crippen molar-refractivity contribution < 1.29 is 28.6 Å². The van der Waals surface area contributed by atoms with E-state index in [2.05, 4.69) is 10.3 Å². The molecule has 1 aromatic carbocycles. The Morgan fingerprint density at radius 1 is 1.03 bits per heavy atom. The minimum Gasteiger partial charge on any atom is -0.493 e. The predicted octanol–water partition coefficient (Wildman–Crippen LogP) is 3.87. The summed E-state index contributed by atoms with van der Waals surface area (Å²) in [5, 5.41) is 3.30. The molecule has 168 valence electrons. The molecule has 0 spiro atoms. The van der Waals surface area contributed by atoms with Crippen LogP contribution < -0.4 is 14.8 Å². The van der Waals surface area contributed by atoms with Crippen LogP contribution in [0.4, 0.5) is 0 Å². The third-order valence-corrected chi connectivity index (χ3v) is 6.71. The topological polar surface area (TPSA) is 104 Å². The van der Waals surface area contributed by atoms with E-state index in [1.54, 1.807) is 45.4 Å². The van der Waals surface area contributed by atoms with Gasteiger partial charge in [-0.3, -0.25) is 9.59 Å². The lowest BCUT2D eigenvalue weighted by atomic mass is 10.2. The van der Waals surface area contributed by atoms with Crippen LogP contribution in [0.25, 0.3) is 10.6 Å². The summed E-state index contributed by atoms with van der Waals surface area (Å²) in [5.74, 6) is 0.0975. The third kappa shape index (κ3) is 5.51. The van der Waals surface area contributed by atoms with Crippen molar-refractivity contribution in [3.05, 3.63) is 50.7 Å². The van der Waals surface area contributed by atoms with Crippen molar-refractivity contribution in [1.82, 2.24) is 10.3 Å². The van der Waals surface area contributed by atoms with E-state index < -0.39 is 5.97 Å². The molecular formula is C22H22N2O6S2. The SMILES string of the molecule is COc1ccc(-c2nc(C)c(C(=O)OCC(=O)c3ccc(CNC(C)=O)s3)s2)cc1OC. The number of methoxy groups -OCH3 is 2. The van der Waals surface area contributed by atoms with Crippen LogP contribution in [0, 0.1) is 6.92 Å². The molecule has 0 radical (unpaired) electrons. The van der Waals surface area contributed by atoms with E-state index in [9.17, 15) is 14.4 Å². The van der Waals surface area contributed by atoms with Gasteiger partial charge in [-0.1, -0.05) is 0 Å². The summed E-state index contributed by atoms with van der Waals surface area (Å²) in [6.45, 7) is 3.12. The van der Waals surface area contributed by atoms with Crippen molar-refractivity contribution in [2.45, 2.75) is 20.4 Å². The Morgan fingerprint density at radius 3 is 2.47 bits per heavy atom. The van der Waals surface area contributed by atoms with Crippen LogP contribution in [-0.4, -0.2) is 43.5 Å². The van der Waals surface area contributed by atoms with Crippen molar-refractivity contribution in [1.29, 1.82) is 0 Å². The molecule has 0 aliphatic heterocycles. The van der Waals surface area contributed by atoms with Crippen LogP contribution >= 0.6 is 22.7 Å². The molecule has 0 saturated heterocycles. The molecule has 0 fully saturated rings. The zero-order chi connectivity index (χ0) is 23.3. The third-order valence-electron chi connectivity index (χ3n) is 4.39.